The number of rotatable bonds is 5. The molecule has 3 heterocycles. The van der Waals surface area contributed by atoms with Crippen LogP contribution >= 0.6 is 0 Å². The number of anilines is 1. The molecule has 0 bridgehead atoms. The van der Waals surface area contributed by atoms with Gasteiger partial charge in [0.2, 0.25) is 0 Å². The molecule has 0 unspecified atom stereocenters. The van der Waals surface area contributed by atoms with Crippen LogP contribution in [0.4, 0.5) is 5.82 Å². The Morgan fingerprint density at radius 1 is 1.33 bits per heavy atom. The number of aromatic nitrogens is 3. The Balaban J connectivity index is 1.90. The van der Waals surface area contributed by atoms with E-state index >= 15 is 0 Å². The van der Waals surface area contributed by atoms with Crippen molar-refractivity contribution in [1.29, 1.82) is 0 Å². The lowest BCUT2D eigenvalue weighted by atomic mass is 10.1. The fourth-order valence-electron chi connectivity index (χ4n) is 2.44. The average Bonchev–Trinajstić information content (AvgIpc) is 2.53. The number of fused-ring (bicyclic) bond motifs is 1. The van der Waals surface area contributed by atoms with Crippen LogP contribution < -0.4 is 5.32 Å². The van der Waals surface area contributed by atoms with Gasteiger partial charge in [0.1, 0.15) is 11.6 Å². The molecule has 110 valence electrons. The molecule has 0 radical (unpaired) electrons. The molecule has 0 aromatic carbocycles. The molecule has 1 N–H and O–H groups in total. The van der Waals surface area contributed by atoms with E-state index in [9.17, 15) is 0 Å². The van der Waals surface area contributed by atoms with Crippen LogP contribution in [0.5, 0.6) is 0 Å². The van der Waals surface area contributed by atoms with Crippen LogP contribution in [0, 0.1) is 0 Å². The summed E-state index contributed by atoms with van der Waals surface area (Å²) in [6.07, 6.45) is 6.28. The topological polar surface area (TPSA) is 59.9 Å². The number of pyridine rings is 1. The highest BCUT2D eigenvalue weighted by molar-refractivity contribution is 5.47. The Hall–Kier alpha value is -2.01. The Morgan fingerprint density at radius 2 is 2.29 bits per heavy atom. The minimum absolute atomic E-state index is 0.606. The van der Waals surface area contributed by atoms with E-state index in [1.54, 1.807) is 6.20 Å². The van der Waals surface area contributed by atoms with Crippen molar-refractivity contribution in [2.24, 2.45) is 0 Å². The van der Waals surface area contributed by atoms with Gasteiger partial charge in [-0.3, -0.25) is 4.98 Å². The van der Waals surface area contributed by atoms with Crippen LogP contribution in [-0.4, -0.2) is 28.1 Å². The van der Waals surface area contributed by atoms with Gasteiger partial charge in [0, 0.05) is 37.3 Å². The molecule has 1 aliphatic heterocycles. The molecular weight excluding hydrogens is 264 g/mol. The molecule has 2 aromatic heterocycles. The molecule has 0 amide bonds. The molecule has 2 aromatic rings. The third-order valence-electron chi connectivity index (χ3n) is 3.50. The first-order valence-corrected chi connectivity index (χ1v) is 7.46. The molecule has 5 nitrogen and oxygen atoms in total. The lowest BCUT2D eigenvalue weighted by Gasteiger charge is -2.20. The van der Waals surface area contributed by atoms with Gasteiger partial charge in [-0.15, -0.1) is 0 Å². The molecule has 0 fully saturated rings. The first-order chi connectivity index (χ1) is 10.4. The number of hydrogen-bond acceptors (Lipinski definition) is 5. The Morgan fingerprint density at radius 3 is 3.10 bits per heavy atom. The molecule has 1 aliphatic rings. The van der Waals surface area contributed by atoms with Gasteiger partial charge >= 0.3 is 0 Å². The van der Waals surface area contributed by atoms with E-state index in [1.807, 2.05) is 12.3 Å². The van der Waals surface area contributed by atoms with E-state index in [0.717, 1.165) is 54.5 Å². The highest BCUT2D eigenvalue weighted by atomic mass is 16.5. The third-order valence-corrected chi connectivity index (χ3v) is 3.50. The van der Waals surface area contributed by atoms with Crippen LogP contribution in [0.15, 0.2) is 24.5 Å². The highest BCUT2D eigenvalue weighted by Crippen LogP contribution is 2.23. The van der Waals surface area contributed by atoms with Crippen LogP contribution in [0.25, 0.3) is 0 Å². The Kier molecular flexibility index (Phi) is 4.40. The zero-order valence-corrected chi connectivity index (χ0v) is 12.3. The number of nitrogens with zero attached hydrogens (tertiary/aromatic N) is 3. The van der Waals surface area contributed by atoms with Crippen LogP contribution in [0.3, 0.4) is 0 Å². The van der Waals surface area contributed by atoms with Gasteiger partial charge in [0.25, 0.3) is 0 Å². The van der Waals surface area contributed by atoms with E-state index in [1.165, 1.54) is 0 Å². The van der Waals surface area contributed by atoms with Crippen molar-refractivity contribution >= 4 is 5.82 Å². The Labute approximate surface area is 124 Å². The van der Waals surface area contributed by atoms with Crippen molar-refractivity contribution in [3.05, 3.63) is 47.2 Å². The fraction of sp³-hybridized carbons (Fsp3) is 0.438. The van der Waals surface area contributed by atoms with Crippen molar-refractivity contribution in [3.8, 4) is 0 Å². The molecule has 0 saturated carbocycles. The monoisotopic (exact) mass is 284 g/mol. The molecule has 0 spiro atoms. The molecule has 0 saturated heterocycles. The van der Waals surface area contributed by atoms with Gasteiger partial charge in [-0.1, -0.05) is 13.0 Å². The summed E-state index contributed by atoms with van der Waals surface area (Å²) in [4.78, 5) is 13.6. The maximum absolute atomic E-state index is 5.54. The van der Waals surface area contributed by atoms with Gasteiger partial charge in [-0.05, 0) is 18.1 Å². The second kappa shape index (κ2) is 6.63. The smallest absolute Gasteiger partial charge is 0.135 e. The van der Waals surface area contributed by atoms with Gasteiger partial charge in [0.05, 0.1) is 18.9 Å². The number of ether oxygens (including phenoxy) is 1. The summed E-state index contributed by atoms with van der Waals surface area (Å²) in [6.45, 7) is 4.40. The normalized spacial score (nSPS) is 13.8. The second-order valence-electron chi connectivity index (χ2n) is 5.18. The van der Waals surface area contributed by atoms with E-state index in [4.69, 9.17) is 9.72 Å². The van der Waals surface area contributed by atoms with Crippen molar-refractivity contribution in [3.63, 3.8) is 0 Å². The van der Waals surface area contributed by atoms with E-state index in [2.05, 4.69) is 28.3 Å². The summed E-state index contributed by atoms with van der Waals surface area (Å²) in [7, 11) is 0. The second-order valence-corrected chi connectivity index (χ2v) is 5.18. The van der Waals surface area contributed by atoms with Crippen LogP contribution in [0.1, 0.15) is 36.0 Å². The Bertz CT molecular complexity index is 601. The van der Waals surface area contributed by atoms with Crippen LogP contribution in [0.2, 0.25) is 0 Å². The lowest BCUT2D eigenvalue weighted by Crippen LogP contribution is -2.18. The quantitative estimate of drug-likeness (QED) is 0.913. The van der Waals surface area contributed by atoms with Gasteiger partial charge < -0.3 is 10.1 Å². The molecule has 21 heavy (non-hydrogen) atoms. The van der Waals surface area contributed by atoms with E-state index in [-0.39, 0.29) is 0 Å². The molecule has 5 heteroatoms. The first-order valence-electron chi connectivity index (χ1n) is 7.46. The molecule has 0 atom stereocenters. The van der Waals surface area contributed by atoms with E-state index < -0.39 is 0 Å². The lowest BCUT2D eigenvalue weighted by molar-refractivity contribution is 0.109. The minimum Gasteiger partial charge on any atom is -0.376 e. The predicted octanol–water partition coefficient (Wildman–Crippen LogP) is 2.36. The van der Waals surface area contributed by atoms with Crippen molar-refractivity contribution in [2.45, 2.75) is 32.8 Å². The molecular formula is C16H20N4O. The highest BCUT2D eigenvalue weighted by Gasteiger charge is 2.18. The fourth-order valence-corrected chi connectivity index (χ4v) is 2.44. The summed E-state index contributed by atoms with van der Waals surface area (Å²) in [5, 5.41) is 3.40. The maximum atomic E-state index is 5.54. The number of nitrogens with one attached hydrogen (secondary N) is 1. The summed E-state index contributed by atoms with van der Waals surface area (Å²) >= 11 is 0. The molecule has 3 rings (SSSR count). The van der Waals surface area contributed by atoms with Crippen LogP contribution in [-0.2, 0) is 24.2 Å². The zero-order valence-electron chi connectivity index (χ0n) is 12.3. The summed E-state index contributed by atoms with van der Waals surface area (Å²) in [6, 6.07) is 4.00. The predicted molar refractivity (Wildman–Crippen MR) is 81.2 cm³/mol. The summed E-state index contributed by atoms with van der Waals surface area (Å²) in [5.41, 5.74) is 3.37. The average molecular weight is 284 g/mol. The first kappa shape index (κ1) is 13.9. The van der Waals surface area contributed by atoms with Gasteiger partial charge in [-0.2, -0.15) is 0 Å². The molecule has 0 aliphatic carbocycles. The maximum Gasteiger partial charge on any atom is 0.135 e. The zero-order chi connectivity index (χ0) is 14.5. The minimum atomic E-state index is 0.606. The van der Waals surface area contributed by atoms with E-state index in [0.29, 0.717) is 13.0 Å². The standard InChI is InChI=1S/C16H20N4O/c1-2-6-18-16-13-11-21-8-5-14(13)19-15(20-16)9-12-4-3-7-17-10-12/h3-4,7,10H,2,5-6,8-9,11H2,1H3,(H,18,19,20). The van der Waals surface area contributed by atoms with Crippen molar-refractivity contribution in [2.75, 3.05) is 18.5 Å². The van der Waals surface area contributed by atoms with Crippen molar-refractivity contribution < 1.29 is 4.74 Å². The number of hydrogen-bond donors (Lipinski definition) is 1. The van der Waals surface area contributed by atoms with Gasteiger partial charge in [-0.25, -0.2) is 9.97 Å². The third kappa shape index (κ3) is 3.36. The summed E-state index contributed by atoms with van der Waals surface area (Å²) < 4.78 is 5.54. The SMILES string of the molecule is CCCNc1nc(Cc2cccnc2)nc2c1COCC2. The summed E-state index contributed by atoms with van der Waals surface area (Å²) in [5.74, 6) is 1.78. The van der Waals surface area contributed by atoms with Gasteiger partial charge in [0.15, 0.2) is 0 Å². The van der Waals surface area contributed by atoms with Crippen molar-refractivity contribution in [1.82, 2.24) is 15.0 Å². The largest absolute Gasteiger partial charge is 0.376 e.